The molecule has 5 nitrogen and oxygen atoms in total. The van der Waals surface area contributed by atoms with Crippen LogP contribution in [-0.4, -0.2) is 17.2 Å². The van der Waals surface area contributed by atoms with Crippen molar-refractivity contribution in [1.82, 2.24) is 5.32 Å². The summed E-state index contributed by atoms with van der Waals surface area (Å²) in [6, 6.07) is 17.0. The third-order valence-corrected chi connectivity index (χ3v) is 3.30. The number of aryl methyl sites for hydroxylation is 1. The normalized spacial score (nSPS) is 10.1. The van der Waals surface area contributed by atoms with Crippen LogP contribution < -0.4 is 5.32 Å². The summed E-state index contributed by atoms with van der Waals surface area (Å²) in [6.07, 6.45) is 0.148. The number of aliphatic carboxylic acids is 1. The molecule has 2 aromatic carbocycles. The van der Waals surface area contributed by atoms with Gasteiger partial charge in [-0.1, -0.05) is 54.6 Å². The monoisotopic (exact) mass is 313 g/mol. The molecule has 0 fully saturated rings. The van der Waals surface area contributed by atoms with E-state index in [1.807, 2.05) is 54.6 Å². The Bertz CT molecular complexity index is 638. The highest BCUT2D eigenvalue weighted by Crippen LogP contribution is 2.07. The van der Waals surface area contributed by atoms with Crippen LogP contribution in [0.25, 0.3) is 0 Å². The number of carbonyl (C=O) groups excluding carboxylic acids is 1. The summed E-state index contributed by atoms with van der Waals surface area (Å²) in [6.45, 7) is 0.605. The van der Waals surface area contributed by atoms with E-state index in [1.165, 1.54) is 0 Å². The lowest BCUT2D eigenvalue weighted by Crippen LogP contribution is -2.23. The molecule has 5 heteroatoms. The molecule has 0 radical (unpaired) electrons. The second-order valence-corrected chi connectivity index (χ2v) is 5.13. The lowest BCUT2D eigenvalue weighted by atomic mass is 10.1. The van der Waals surface area contributed by atoms with Crippen LogP contribution in [0.2, 0.25) is 0 Å². The summed E-state index contributed by atoms with van der Waals surface area (Å²) in [5.74, 6) is -0.808. The first-order valence-electron chi connectivity index (χ1n) is 7.37. The molecule has 2 N–H and O–H groups in total. The topological polar surface area (TPSA) is 75.6 Å². The van der Waals surface area contributed by atoms with E-state index in [4.69, 9.17) is 9.84 Å². The molecule has 2 aromatic rings. The van der Waals surface area contributed by atoms with Crippen molar-refractivity contribution in [3.05, 3.63) is 71.3 Å². The smallest absolute Gasteiger partial charge is 0.407 e. The standard InChI is InChI=1S/C18H19NO4/c20-17(21)11-10-14-6-8-15(9-7-14)12-19-18(22)23-13-16-4-2-1-3-5-16/h1-9H,10-13H2,(H,19,22)(H,20,21). The zero-order chi connectivity index (χ0) is 16.5. The molecule has 0 aromatic heterocycles. The van der Waals surface area contributed by atoms with Gasteiger partial charge >= 0.3 is 12.1 Å². The van der Waals surface area contributed by atoms with Gasteiger partial charge in [-0.2, -0.15) is 0 Å². The highest BCUT2D eigenvalue weighted by atomic mass is 16.5. The van der Waals surface area contributed by atoms with Gasteiger partial charge in [-0.25, -0.2) is 4.79 Å². The molecule has 0 aliphatic heterocycles. The maximum Gasteiger partial charge on any atom is 0.407 e. The van der Waals surface area contributed by atoms with Crippen molar-refractivity contribution in [3.63, 3.8) is 0 Å². The Balaban J connectivity index is 1.72. The summed E-state index contributed by atoms with van der Waals surface area (Å²) < 4.78 is 5.12. The van der Waals surface area contributed by atoms with Crippen molar-refractivity contribution < 1.29 is 19.4 Å². The first-order valence-corrected chi connectivity index (χ1v) is 7.37. The number of carboxylic acids is 1. The van der Waals surface area contributed by atoms with Gasteiger partial charge in [0, 0.05) is 13.0 Å². The molecular weight excluding hydrogens is 294 g/mol. The second kappa shape index (κ2) is 8.58. The van der Waals surface area contributed by atoms with E-state index in [-0.39, 0.29) is 13.0 Å². The van der Waals surface area contributed by atoms with Crippen molar-refractivity contribution in [2.45, 2.75) is 26.0 Å². The molecule has 0 heterocycles. The summed E-state index contributed by atoms with van der Waals surface area (Å²) in [5, 5.41) is 11.3. The van der Waals surface area contributed by atoms with Crippen LogP contribution in [0.3, 0.4) is 0 Å². The van der Waals surface area contributed by atoms with Gasteiger partial charge in [0.05, 0.1) is 0 Å². The summed E-state index contributed by atoms with van der Waals surface area (Å²) in [5.41, 5.74) is 2.83. The Hall–Kier alpha value is -2.82. The first kappa shape index (κ1) is 16.5. The quantitative estimate of drug-likeness (QED) is 0.823. The minimum Gasteiger partial charge on any atom is -0.481 e. The molecule has 2 rings (SSSR count). The number of carboxylic acid groups (broad SMARTS) is 1. The third kappa shape index (κ3) is 6.22. The van der Waals surface area contributed by atoms with Crippen LogP contribution in [0.1, 0.15) is 23.1 Å². The van der Waals surface area contributed by atoms with Crippen LogP contribution in [0.5, 0.6) is 0 Å². The third-order valence-electron chi connectivity index (χ3n) is 3.30. The molecule has 0 saturated carbocycles. The van der Waals surface area contributed by atoms with Gasteiger partial charge in [0.1, 0.15) is 6.61 Å². The van der Waals surface area contributed by atoms with Gasteiger partial charge in [-0.05, 0) is 23.1 Å². The number of hydrogen-bond donors (Lipinski definition) is 2. The van der Waals surface area contributed by atoms with E-state index in [2.05, 4.69) is 5.32 Å². The summed E-state index contributed by atoms with van der Waals surface area (Å²) in [4.78, 5) is 22.2. The van der Waals surface area contributed by atoms with Gasteiger partial charge in [0.15, 0.2) is 0 Å². The van der Waals surface area contributed by atoms with Crippen molar-refractivity contribution in [2.75, 3.05) is 0 Å². The van der Waals surface area contributed by atoms with E-state index in [0.29, 0.717) is 13.0 Å². The minimum atomic E-state index is -0.808. The number of carbonyl (C=O) groups is 2. The molecule has 0 saturated heterocycles. The van der Waals surface area contributed by atoms with Gasteiger partial charge < -0.3 is 15.2 Å². The molecule has 0 bridgehead atoms. The van der Waals surface area contributed by atoms with Gasteiger partial charge in [-0.15, -0.1) is 0 Å². The van der Waals surface area contributed by atoms with Gasteiger partial charge in [-0.3, -0.25) is 4.79 Å². The van der Waals surface area contributed by atoms with Gasteiger partial charge in [0.2, 0.25) is 0 Å². The Labute approximate surface area is 134 Å². The zero-order valence-corrected chi connectivity index (χ0v) is 12.7. The Morgan fingerprint density at radius 1 is 0.913 bits per heavy atom. The zero-order valence-electron chi connectivity index (χ0n) is 12.7. The average molecular weight is 313 g/mol. The number of nitrogens with one attached hydrogen (secondary N) is 1. The molecule has 0 aliphatic carbocycles. The molecular formula is C18H19NO4. The number of benzene rings is 2. The predicted octanol–water partition coefficient (Wildman–Crippen LogP) is 3.13. The number of amides is 1. The second-order valence-electron chi connectivity index (χ2n) is 5.13. The Morgan fingerprint density at radius 3 is 2.22 bits per heavy atom. The van der Waals surface area contributed by atoms with Crippen molar-refractivity contribution in [1.29, 1.82) is 0 Å². The van der Waals surface area contributed by atoms with Crippen molar-refractivity contribution in [3.8, 4) is 0 Å². The Kier molecular flexibility index (Phi) is 6.17. The highest BCUT2D eigenvalue weighted by Gasteiger charge is 2.03. The fraction of sp³-hybridized carbons (Fsp3) is 0.222. The molecule has 0 atom stereocenters. The lowest BCUT2D eigenvalue weighted by molar-refractivity contribution is -0.136. The molecule has 23 heavy (non-hydrogen) atoms. The summed E-state index contributed by atoms with van der Waals surface area (Å²) >= 11 is 0. The van der Waals surface area contributed by atoms with Crippen LogP contribution in [-0.2, 0) is 29.1 Å². The fourth-order valence-corrected chi connectivity index (χ4v) is 2.02. The van der Waals surface area contributed by atoms with Crippen LogP contribution in [0.4, 0.5) is 4.79 Å². The molecule has 120 valence electrons. The summed E-state index contributed by atoms with van der Waals surface area (Å²) in [7, 11) is 0. The maximum atomic E-state index is 11.6. The molecule has 1 amide bonds. The minimum absolute atomic E-state index is 0.114. The highest BCUT2D eigenvalue weighted by molar-refractivity contribution is 5.67. The SMILES string of the molecule is O=C(O)CCc1ccc(CNC(=O)OCc2ccccc2)cc1. The van der Waals surface area contributed by atoms with E-state index in [9.17, 15) is 9.59 Å². The molecule has 0 spiro atoms. The average Bonchev–Trinajstić information content (AvgIpc) is 2.58. The molecule has 0 unspecified atom stereocenters. The van der Waals surface area contributed by atoms with E-state index < -0.39 is 12.1 Å². The van der Waals surface area contributed by atoms with Crippen LogP contribution >= 0.6 is 0 Å². The van der Waals surface area contributed by atoms with Gasteiger partial charge in [0.25, 0.3) is 0 Å². The number of hydrogen-bond acceptors (Lipinski definition) is 3. The predicted molar refractivity (Wildman–Crippen MR) is 85.9 cm³/mol. The Morgan fingerprint density at radius 2 is 1.57 bits per heavy atom. The van der Waals surface area contributed by atoms with E-state index >= 15 is 0 Å². The largest absolute Gasteiger partial charge is 0.481 e. The lowest BCUT2D eigenvalue weighted by Gasteiger charge is -2.08. The fourth-order valence-electron chi connectivity index (χ4n) is 2.02. The van der Waals surface area contributed by atoms with E-state index in [1.54, 1.807) is 0 Å². The van der Waals surface area contributed by atoms with Crippen molar-refractivity contribution >= 4 is 12.1 Å². The number of rotatable bonds is 7. The first-order chi connectivity index (χ1) is 11.1. The number of ether oxygens (including phenoxy) is 1. The van der Waals surface area contributed by atoms with Crippen LogP contribution in [0.15, 0.2) is 54.6 Å². The van der Waals surface area contributed by atoms with Crippen molar-refractivity contribution in [2.24, 2.45) is 0 Å². The maximum absolute atomic E-state index is 11.6. The molecule has 0 aliphatic rings. The number of alkyl carbamates (subject to hydrolysis) is 1. The van der Waals surface area contributed by atoms with Crippen LogP contribution in [0, 0.1) is 0 Å². The van der Waals surface area contributed by atoms with E-state index in [0.717, 1.165) is 16.7 Å².